The molecule has 23 heavy (non-hydrogen) atoms. The lowest BCUT2D eigenvalue weighted by Gasteiger charge is -2.23. The van der Waals surface area contributed by atoms with Crippen LogP contribution in [0.3, 0.4) is 0 Å². The van der Waals surface area contributed by atoms with Gasteiger partial charge in [0.15, 0.2) is 5.92 Å². The molecule has 0 aliphatic carbocycles. The number of hydrogen-bond donors (Lipinski definition) is 1. The van der Waals surface area contributed by atoms with E-state index in [4.69, 9.17) is 10.5 Å². The molecular formula is C15H11F6NO. The van der Waals surface area contributed by atoms with Crippen molar-refractivity contribution in [1.82, 2.24) is 0 Å². The molecule has 0 saturated carbocycles. The molecule has 124 valence electrons. The van der Waals surface area contributed by atoms with Crippen molar-refractivity contribution in [2.75, 3.05) is 5.73 Å². The first-order chi connectivity index (χ1) is 10.6. The van der Waals surface area contributed by atoms with Crippen LogP contribution in [0.25, 0.3) is 0 Å². The number of anilines is 1. The summed E-state index contributed by atoms with van der Waals surface area (Å²) in [6, 6.07) is 9.81. The van der Waals surface area contributed by atoms with Gasteiger partial charge in [-0.05, 0) is 29.8 Å². The summed E-state index contributed by atoms with van der Waals surface area (Å²) in [5.41, 5.74) is 5.05. The zero-order valence-electron chi connectivity index (χ0n) is 11.4. The molecule has 0 atom stereocenters. The summed E-state index contributed by atoms with van der Waals surface area (Å²) in [5.74, 6) is -3.11. The van der Waals surface area contributed by atoms with Gasteiger partial charge in [-0.25, -0.2) is 0 Å². The molecule has 2 aromatic rings. The highest BCUT2D eigenvalue weighted by Crippen LogP contribution is 2.46. The molecule has 0 spiro atoms. The van der Waals surface area contributed by atoms with Crippen molar-refractivity contribution in [3.8, 4) is 11.5 Å². The Morgan fingerprint density at radius 3 is 1.83 bits per heavy atom. The Labute approximate surface area is 127 Å². The van der Waals surface area contributed by atoms with Gasteiger partial charge in [-0.2, -0.15) is 26.3 Å². The van der Waals surface area contributed by atoms with Crippen LogP contribution in [0, 0.1) is 0 Å². The van der Waals surface area contributed by atoms with Crippen LogP contribution < -0.4 is 10.5 Å². The smallest absolute Gasteiger partial charge is 0.404 e. The molecule has 8 heteroatoms. The molecule has 0 unspecified atom stereocenters. The molecule has 0 amide bonds. The highest BCUT2D eigenvalue weighted by molar-refractivity contribution is 5.45. The lowest BCUT2D eigenvalue weighted by molar-refractivity contribution is -0.253. The number of alkyl halides is 6. The minimum atomic E-state index is -5.42. The number of nitrogens with two attached hydrogens (primary N) is 1. The highest BCUT2D eigenvalue weighted by atomic mass is 19.4. The van der Waals surface area contributed by atoms with Crippen LogP contribution in [0.1, 0.15) is 11.5 Å². The van der Waals surface area contributed by atoms with Crippen molar-refractivity contribution < 1.29 is 31.1 Å². The van der Waals surface area contributed by atoms with E-state index < -0.39 is 23.8 Å². The van der Waals surface area contributed by atoms with Gasteiger partial charge in [0.2, 0.25) is 0 Å². The Bertz CT molecular complexity index is 649. The molecule has 0 aliphatic rings. The third kappa shape index (κ3) is 4.30. The van der Waals surface area contributed by atoms with Gasteiger partial charge in [0.25, 0.3) is 0 Å². The molecule has 0 aliphatic heterocycles. The largest absolute Gasteiger partial charge is 0.457 e. The van der Waals surface area contributed by atoms with Gasteiger partial charge in [-0.1, -0.05) is 18.2 Å². The Morgan fingerprint density at radius 2 is 1.35 bits per heavy atom. The highest BCUT2D eigenvalue weighted by Gasteiger charge is 2.57. The Balaban J connectivity index is 2.24. The van der Waals surface area contributed by atoms with Crippen LogP contribution in [0.15, 0.2) is 48.5 Å². The van der Waals surface area contributed by atoms with Gasteiger partial charge in [0.05, 0.1) is 0 Å². The summed E-state index contributed by atoms with van der Waals surface area (Å²) in [7, 11) is 0. The molecule has 0 fully saturated rings. The number of halogens is 6. The fraction of sp³-hybridized carbons (Fsp3) is 0.200. The molecular weight excluding hydrogens is 324 g/mol. The third-order valence-corrected chi connectivity index (χ3v) is 2.96. The number of rotatable bonds is 3. The lowest BCUT2D eigenvalue weighted by Crippen LogP contribution is -2.34. The summed E-state index contributed by atoms with van der Waals surface area (Å²) in [6.45, 7) is 0. The maximum atomic E-state index is 12.6. The maximum absolute atomic E-state index is 12.6. The summed E-state index contributed by atoms with van der Waals surface area (Å²) in [6.07, 6.45) is -10.8. The molecule has 0 bridgehead atoms. The van der Waals surface area contributed by atoms with Crippen molar-refractivity contribution in [2.24, 2.45) is 0 Å². The lowest BCUT2D eigenvalue weighted by atomic mass is 9.98. The van der Waals surface area contributed by atoms with Gasteiger partial charge in [0.1, 0.15) is 11.5 Å². The molecule has 0 radical (unpaired) electrons. The van der Waals surface area contributed by atoms with E-state index in [2.05, 4.69) is 0 Å². The normalized spacial score (nSPS) is 12.5. The first kappa shape index (κ1) is 17.0. The van der Waals surface area contributed by atoms with Crippen molar-refractivity contribution in [3.05, 3.63) is 54.1 Å². The quantitative estimate of drug-likeness (QED) is 0.613. The first-order valence-electron chi connectivity index (χ1n) is 6.34. The average molecular weight is 335 g/mol. The molecule has 2 N–H and O–H groups in total. The van der Waals surface area contributed by atoms with Crippen molar-refractivity contribution in [3.63, 3.8) is 0 Å². The predicted molar refractivity (Wildman–Crippen MR) is 72.2 cm³/mol. The molecule has 0 aromatic heterocycles. The number of nitrogen functional groups attached to an aromatic ring is 1. The zero-order valence-corrected chi connectivity index (χ0v) is 11.4. The molecule has 2 rings (SSSR count). The minimum Gasteiger partial charge on any atom is -0.457 e. The third-order valence-electron chi connectivity index (χ3n) is 2.96. The fourth-order valence-electron chi connectivity index (χ4n) is 2.01. The fourth-order valence-corrected chi connectivity index (χ4v) is 2.01. The standard InChI is InChI=1S/C15H11F6NO/c16-14(17,18)13(15(19,20)21)9-4-6-11(7-5-9)23-12-3-1-2-10(22)8-12/h1-8,13H,22H2. The van der Waals surface area contributed by atoms with Crippen molar-refractivity contribution >= 4 is 5.69 Å². The summed E-state index contributed by atoms with van der Waals surface area (Å²) in [5, 5.41) is 0. The monoisotopic (exact) mass is 335 g/mol. The summed E-state index contributed by atoms with van der Waals surface area (Å²) in [4.78, 5) is 0. The number of hydrogen-bond acceptors (Lipinski definition) is 2. The van der Waals surface area contributed by atoms with Crippen LogP contribution >= 0.6 is 0 Å². The second kappa shape index (κ2) is 6.02. The van der Waals surface area contributed by atoms with E-state index >= 15 is 0 Å². The Morgan fingerprint density at radius 1 is 0.783 bits per heavy atom. The minimum absolute atomic E-state index is 0.0995. The van der Waals surface area contributed by atoms with E-state index in [1.165, 1.54) is 6.07 Å². The van der Waals surface area contributed by atoms with Crippen LogP contribution in [0.5, 0.6) is 11.5 Å². The van der Waals surface area contributed by atoms with E-state index in [0.29, 0.717) is 11.4 Å². The van der Waals surface area contributed by atoms with Gasteiger partial charge >= 0.3 is 12.4 Å². The maximum Gasteiger partial charge on any atom is 0.404 e. The van der Waals surface area contributed by atoms with Gasteiger partial charge < -0.3 is 10.5 Å². The zero-order chi connectivity index (χ0) is 17.3. The van der Waals surface area contributed by atoms with Crippen LogP contribution in [-0.4, -0.2) is 12.4 Å². The summed E-state index contributed by atoms with van der Waals surface area (Å²) >= 11 is 0. The Kier molecular flexibility index (Phi) is 4.44. The van der Waals surface area contributed by atoms with E-state index in [1.54, 1.807) is 18.2 Å². The average Bonchev–Trinajstić information content (AvgIpc) is 2.38. The Hall–Kier alpha value is -2.38. The SMILES string of the molecule is Nc1cccc(Oc2ccc(C(C(F)(F)F)C(F)(F)F)cc2)c1. The predicted octanol–water partition coefficient (Wildman–Crippen LogP) is 5.27. The first-order valence-corrected chi connectivity index (χ1v) is 6.34. The molecule has 0 heterocycles. The van der Waals surface area contributed by atoms with E-state index in [1.807, 2.05) is 0 Å². The van der Waals surface area contributed by atoms with Crippen LogP contribution in [0.2, 0.25) is 0 Å². The summed E-state index contributed by atoms with van der Waals surface area (Å²) < 4.78 is 81.1. The molecule has 0 saturated heterocycles. The van der Waals surface area contributed by atoms with Crippen LogP contribution in [0.4, 0.5) is 32.0 Å². The molecule has 2 nitrogen and oxygen atoms in total. The van der Waals surface area contributed by atoms with Crippen LogP contribution in [-0.2, 0) is 0 Å². The second-order valence-electron chi connectivity index (χ2n) is 4.76. The van der Waals surface area contributed by atoms with Crippen molar-refractivity contribution in [2.45, 2.75) is 18.3 Å². The van der Waals surface area contributed by atoms with E-state index in [0.717, 1.165) is 24.3 Å². The second-order valence-corrected chi connectivity index (χ2v) is 4.76. The number of benzene rings is 2. The molecule has 2 aromatic carbocycles. The van der Waals surface area contributed by atoms with Crippen molar-refractivity contribution in [1.29, 1.82) is 0 Å². The number of ether oxygens (including phenoxy) is 1. The van der Waals surface area contributed by atoms with E-state index in [-0.39, 0.29) is 5.75 Å². The van der Waals surface area contributed by atoms with Gasteiger partial charge in [0, 0.05) is 11.8 Å². The van der Waals surface area contributed by atoms with Gasteiger partial charge in [-0.3, -0.25) is 0 Å². The van der Waals surface area contributed by atoms with Gasteiger partial charge in [-0.15, -0.1) is 0 Å². The topological polar surface area (TPSA) is 35.2 Å². The van der Waals surface area contributed by atoms with E-state index in [9.17, 15) is 26.3 Å².